The maximum absolute atomic E-state index is 13.1. The van der Waals surface area contributed by atoms with Crippen LogP contribution in [0.25, 0.3) is 0 Å². The summed E-state index contributed by atoms with van der Waals surface area (Å²) in [7, 11) is 0. The lowest BCUT2D eigenvalue weighted by atomic mass is 10.2. The van der Waals surface area contributed by atoms with Crippen LogP contribution in [-0.2, 0) is 0 Å². The third kappa shape index (κ3) is 3.50. The number of hydrogen-bond donors (Lipinski definition) is 0. The molecule has 0 nitrogen and oxygen atoms in total. The van der Waals surface area contributed by atoms with Crippen LogP contribution in [-0.4, -0.2) is 5.33 Å². The minimum Gasteiger partial charge on any atom is -0.206 e. The van der Waals surface area contributed by atoms with Crippen LogP contribution in [0.1, 0.15) is 12.0 Å². The van der Waals surface area contributed by atoms with Crippen molar-refractivity contribution < 1.29 is 4.39 Å². The van der Waals surface area contributed by atoms with E-state index in [1.165, 1.54) is 6.07 Å². The summed E-state index contributed by atoms with van der Waals surface area (Å²) in [5.74, 6) is 5.36. The van der Waals surface area contributed by atoms with Gasteiger partial charge in [0.25, 0.3) is 0 Å². The number of halogens is 3. The van der Waals surface area contributed by atoms with Crippen molar-refractivity contribution >= 4 is 31.9 Å². The zero-order chi connectivity index (χ0) is 9.68. The molecule has 0 saturated heterocycles. The van der Waals surface area contributed by atoms with Crippen molar-refractivity contribution in [3.8, 4) is 11.8 Å². The van der Waals surface area contributed by atoms with Crippen molar-refractivity contribution in [1.82, 2.24) is 0 Å². The van der Waals surface area contributed by atoms with E-state index in [0.29, 0.717) is 5.56 Å². The molecule has 0 saturated carbocycles. The lowest BCUT2D eigenvalue weighted by Gasteiger charge is -1.94. The predicted octanol–water partition coefficient (Wildman–Crippen LogP) is 3.72. The van der Waals surface area contributed by atoms with E-state index in [4.69, 9.17) is 0 Å². The van der Waals surface area contributed by atoms with Gasteiger partial charge in [-0.1, -0.05) is 43.7 Å². The molecule has 1 aromatic rings. The van der Waals surface area contributed by atoms with Gasteiger partial charge in [0, 0.05) is 16.2 Å². The van der Waals surface area contributed by atoms with Gasteiger partial charge in [0.1, 0.15) is 5.82 Å². The first kappa shape index (κ1) is 10.7. The van der Waals surface area contributed by atoms with Gasteiger partial charge >= 0.3 is 0 Å². The van der Waals surface area contributed by atoms with Gasteiger partial charge in [-0.15, -0.1) is 0 Å². The molecule has 0 heterocycles. The third-order valence-corrected chi connectivity index (χ3v) is 2.26. The summed E-state index contributed by atoms with van der Waals surface area (Å²) in [6.07, 6.45) is 0.728. The Hall–Kier alpha value is -0.330. The van der Waals surface area contributed by atoms with E-state index >= 15 is 0 Å². The molecule has 3 heteroatoms. The quantitative estimate of drug-likeness (QED) is 0.548. The maximum Gasteiger partial charge on any atom is 0.138 e. The number of hydrogen-bond acceptors (Lipinski definition) is 0. The summed E-state index contributed by atoms with van der Waals surface area (Å²) in [5, 5.41) is 0.815. The van der Waals surface area contributed by atoms with Crippen LogP contribution in [0.15, 0.2) is 22.7 Å². The summed E-state index contributed by atoms with van der Waals surface area (Å²) in [4.78, 5) is 0. The van der Waals surface area contributed by atoms with Gasteiger partial charge in [0.15, 0.2) is 0 Å². The lowest BCUT2D eigenvalue weighted by Crippen LogP contribution is -1.82. The van der Waals surface area contributed by atoms with Gasteiger partial charge in [-0.05, 0) is 18.2 Å². The fourth-order valence-electron chi connectivity index (χ4n) is 0.798. The fourth-order valence-corrected chi connectivity index (χ4v) is 1.36. The largest absolute Gasteiger partial charge is 0.206 e. The Balaban J connectivity index is 2.89. The summed E-state index contributed by atoms with van der Waals surface area (Å²) >= 11 is 6.51. The summed E-state index contributed by atoms with van der Waals surface area (Å²) < 4.78 is 13.9. The molecular weight excluding hydrogens is 299 g/mol. The molecule has 0 N–H and O–H groups in total. The van der Waals surface area contributed by atoms with Crippen molar-refractivity contribution in [1.29, 1.82) is 0 Å². The normalized spacial score (nSPS) is 9.15. The molecule has 0 bridgehead atoms. The molecule has 0 spiro atoms. The Morgan fingerprint density at radius 2 is 2.15 bits per heavy atom. The highest BCUT2D eigenvalue weighted by Crippen LogP contribution is 2.14. The Morgan fingerprint density at radius 1 is 1.38 bits per heavy atom. The first-order valence-electron chi connectivity index (χ1n) is 3.74. The zero-order valence-electron chi connectivity index (χ0n) is 6.78. The van der Waals surface area contributed by atoms with Gasteiger partial charge in [-0.25, -0.2) is 4.39 Å². The standard InChI is InChI=1S/C10H7Br2F/c11-6-2-1-3-8-7-9(12)4-5-10(8)13/h4-5,7H,2,6H2. The molecule has 0 amide bonds. The highest BCUT2D eigenvalue weighted by atomic mass is 79.9. The Labute approximate surface area is 93.8 Å². The number of alkyl halides is 1. The highest BCUT2D eigenvalue weighted by molar-refractivity contribution is 9.10. The zero-order valence-corrected chi connectivity index (χ0v) is 9.95. The molecule has 0 atom stereocenters. The smallest absolute Gasteiger partial charge is 0.138 e. The summed E-state index contributed by atoms with van der Waals surface area (Å²) in [6.45, 7) is 0. The molecule has 0 aromatic heterocycles. The third-order valence-electron chi connectivity index (χ3n) is 1.37. The van der Waals surface area contributed by atoms with Crippen LogP contribution >= 0.6 is 31.9 Å². The van der Waals surface area contributed by atoms with Crippen LogP contribution in [0, 0.1) is 17.7 Å². The second kappa shape index (κ2) is 5.41. The number of benzene rings is 1. The van der Waals surface area contributed by atoms with E-state index < -0.39 is 0 Å². The van der Waals surface area contributed by atoms with Crippen LogP contribution in [0.3, 0.4) is 0 Å². The van der Waals surface area contributed by atoms with Gasteiger partial charge in [0.2, 0.25) is 0 Å². The van der Waals surface area contributed by atoms with Crippen molar-refractivity contribution in [3.63, 3.8) is 0 Å². The fraction of sp³-hybridized carbons (Fsp3) is 0.200. The van der Waals surface area contributed by atoms with Crippen molar-refractivity contribution in [2.24, 2.45) is 0 Å². The minimum atomic E-state index is -0.273. The molecular formula is C10H7Br2F. The van der Waals surface area contributed by atoms with Gasteiger partial charge in [-0.3, -0.25) is 0 Å². The maximum atomic E-state index is 13.1. The molecule has 1 aromatic carbocycles. The monoisotopic (exact) mass is 304 g/mol. The highest BCUT2D eigenvalue weighted by Gasteiger charge is 1.97. The SMILES string of the molecule is Fc1ccc(Br)cc1C#CCCBr. The van der Waals surface area contributed by atoms with E-state index in [1.807, 2.05) is 0 Å². The summed E-state index contributed by atoms with van der Waals surface area (Å²) in [6, 6.07) is 4.74. The molecule has 0 aliphatic heterocycles. The van der Waals surface area contributed by atoms with Crippen LogP contribution < -0.4 is 0 Å². The molecule has 1 rings (SSSR count). The van der Waals surface area contributed by atoms with Crippen LogP contribution in [0.4, 0.5) is 4.39 Å². The molecule has 0 unspecified atom stereocenters. The molecule has 0 aliphatic rings. The Kier molecular flexibility index (Phi) is 4.47. The van der Waals surface area contributed by atoms with Crippen LogP contribution in [0.2, 0.25) is 0 Å². The van der Waals surface area contributed by atoms with E-state index in [1.54, 1.807) is 12.1 Å². The van der Waals surface area contributed by atoms with E-state index in [0.717, 1.165) is 16.2 Å². The van der Waals surface area contributed by atoms with Gasteiger partial charge in [-0.2, -0.15) is 0 Å². The first-order chi connectivity index (χ1) is 6.24. The average molecular weight is 306 g/mol. The Bertz CT molecular complexity index is 350. The first-order valence-corrected chi connectivity index (χ1v) is 5.65. The molecule has 68 valence electrons. The van der Waals surface area contributed by atoms with E-state index in [2.05, 4.69) is 43.7 Å². The van der Waals surface area contributed by atoms with E-state index in [9.17, 15) is 4.39 Å². The Morgan fingerprint density at radius 3 is 2.85 bits per heavy atom. The minimum absolute atomic E-state index is 0.273. The predicted molar refractivity (Wildman–Crippen MR) is 59.4 cm³/mol. The van der Waals surface area contributed by atoms with Gasteiger partial charge < -0.3 is 0 Å². The molecule has 13 heavy (non-hydrogen) atoms. The van der Waals surface area contributed by atoms with Crippen LogP contribution in [0.5, 0.6) is 0 Å². The summed E-state index contributed by atoms with van der Waals surface area (Å²) in [5.41, 5.74) is 0.440. The topological polar surface area (TPSA) is 0 Å². The van der Waals surface area contributed by atoms with E-state index in [-0.39, 0.29) is 5.82 Å². The van der Waals surface area contributed by atoms with Gasteiger partial charge in [0.05, 0.1) is 5.56 Å². The van der Waals surface area contributed by atoms with Crippen molar-refractivity contribution in [2.45, 2.75) is 6.42 Å². The van der Waals surface area contributed by atoms with Crippen molar-refractivity contribution in [3.05, 3.63) is 34.1 Å². The molecule has 0 aliphatic carbocycles. The second-order valence-corrected chi connectivity index (χ2v) is 4.07. The van der Waals surface area contributed by atoms with Crippen molar-refractivity contribution in [2.75, 3.05) is 5.33 Å². The second-order valence-electron chi connectivity index (χ2n) is 2.36. The average Bonchev–Trinajstić information content (AvgIpc) is 2.11. The lowest BCUT2D eigenvalue weighted by molar-refractivity contribution is 0.624. The molecule has 0 fully saturated rings. The number of rotatable bonds is 1. The molecule has 0 radical (unpaired) electrons.